The second-order valence-corrected chi connectivity index (χ2v) is 7.53. The van der Waals surface area contributed by atoms with Crippen molar-refractivity contribution in [2.24, 2.45) is 0 Å². The van der Waals surface area contributed by atoms with Crippen LogP contribution in [0.25, 0.3) is 11.0 Å². The molecule has 2 aromatic carbocycles. The zero-order valence-corrected chi connectivity index (χ0v) is 18.5. The van der Waals surface area contributed by atoms with E-state index < -0.39 is 23.7 Å². The van der Waals surface area contributed by atoms with Gasteiger partial charge < -0.3 is 19.2 Å². The average Bonchev–Trinajstić information content (AvgIpc) is 2.77. The average molecular weight is 437 g/mol. The zero-order valence-electron chi connectivity index (χ0n) is 18.5. The summed E-state index contributed by atoms with van der Waals surface area (Å²) in [4.78, 5) is 36.8. The highest BCUT2D eigenvalue weighted by atomic mass is 16.6. The Kier molecular flexibility index (Phi) is 7.65. The first-order valence-corrected chi connectivity index (χ1v) is 10.7. The lowest BCUT2D eigenvalue weighted by atomic mass is 10.1. The van der Waals surface area contributed by atoms with Gasteiger partial charge in [-0.15, -0.1) is 0 Å². The maximum atomic E-state index is 12.9. The predicted octanol–water partition coefficient (Wildman–Crippen LogP) is 4.66. The van der Waals surface area contributed by atoms with Gasteiger partial charge in [-0.3, -0.25) is 0 Å². The van der Waals surface area contributed by atoms with E-state index in [0.717, 1.165) is 22.1 Å². The molecule has 0 saturated carbocycles. The van der Waals surface area contributed by atoms with Gasteiger partial charge in [0, 0.05) is 17.5 Å². The van der Waals surface area contributed by atoms with Crippen molar-refractivity contribution in [3.8, 4) is 5.75 Å². The molecule has 7 heteroatoms. The van der Waals surface area contributed by atoms with Gasteiger partial charge in [-0.1, -0.05) is 50.6 Å². The van der Waals surface area contributed by atoms with Crippen LogP contribution >= 0.6 is 0 Å². The largest absolute Gasteiger partial charge is 0.445 e. The molecule has 0 saturated heterocycles. The Morgan fingerprint density at radius 2 is 1.84 bits per heavy atom. The van der Waals surface area contributed by atoms with Crippen molar-refractivity contribution < 1.29 is 23.5 Å². The molecule has 1 aromatic heterocycles. The number of alkyl carbamates (subject to hydrolysis) is 1. The van der Waals surface area contributed by atoms with Crippen LogP contribution in [0.15, 0.2) is 57.7 Å². The fraction of sp³-hybridized carbons (Fsp3) is 0.320. The molecule has 0 spiro atoms. The predicted molar refractivity (Wildman–Crippen MR) is 121 cm³/mol. The fourth-order valence-electron chi connectivity index (χ4n) is 3.39. The van der Waals surface area contributed by atoms with E-state index in [1.807, 2.05) is 57.2 Å². The molecule has 0 radical (unpaired) electrons. The number of ether oxygens (including phenoxy) is 2. The quantitative estimate of drug-likeness (QED) is 0.313. The first-order chi connectivity index (χ1) is 15.4. The summed E-state index contributed by atoms with van der Waals surface area (Å²) in [5, 5.41) is 3.38. The van der Waals surface area contributed by atoms with E-state index in [4.69, 9.17) is 13.9 Å². The van der Waals surface area contributed by atoms with Crippen LogP contribution in [-0.4, -0.2) is 18.1 Å². The normalized spacial score (nSPS) is 11.7. The maximum absolute atomic E-state index is 12.9. The van der Waals surface area contributed by atoms with Crippen molar-refractivity contribution >= 4 is 23.0 Å². The van der Waals surface area contributed by atoms with Crippen molar-refractivity contribution in [1.29, 1.82) is 0 Å². The molecule has 32 heavy (non-hydrogen) atoms. The molecular weight excluding hydrogens is 410 g/mol. The Hall–Kier alpha value is -3.61. The highest BCUT2D eigenvalue weighted by Gasteiger charge is 2.24. The second kappa shape index (κ2) is 10.6. The van der Waals surface area contributed by atoms with Gasteiger partial charge in [-0.05, 0) is 42.5 Å². The molecule has 1 atom stereocenters. The van der Waals surface area contributed by atoms with Gasteiger partial charge in [0.05, 0.1) is 0 Å². The summed E-state index contributed by atoms with van der Waals surface area (Å²) >= 11 is 0. The fourth-order valence-corrected chi connectivity index (χ4v) is 3.39. The summed E-state index contributed by atoms with van der Waals surface area (Å²) in [6.45, 7) is 5.77. The van der Waals surface area contributed by atoms with Crippen LogP contribution in [0.5, 0.6) is 5.75 Å². The number of esters is 1. The molecule has 1 amide bonds. The summed E-state index contributed by atoms with van der Waals surface area (Å²) in [5.74, 6) is -0.299. The van der Waals surface area contributed by atoms with Crippen LogP contribution < -0.4 is 15.7 Å². The van der Waals surface area contributed by atoms with E-state index in [1.165, 1.54) is 6.07 Å². The van der Waals surface area contributed by atoms with Crippen molar-refractivity contribution in [2.75, 3.05) is 0 Å². The third-order valence-corrected chi connectivity index (χ3v) is 5.09. The van der Waals surface area contributed by atoms with Gasteiger partial charge in [-0.25, -0.2) is 14.4 Å². The van der Waals surface area contributed by atoms with Crippen LogP contribution in [-0.2, 0) is 22.6 Å². The molecule has 0 bridgehead atoms. The molecule has 1 heterocycles. The van der Waals surface area contributed by atoms with Gasteiger partial charge >= 0.3 is 17.7 Å². The standard InChI is InChI=1S/C25H27NO6/c1-4-9-20(26-25(29)30-15-17-10-7-6-8-11-17)24(28)32-21-14-22-19(13-18(21)5-2)16(3)12-23(27)31-22/h6-8,10-14,20H,4-5,9,15H2,1-3H3,(H,26,29)/t20-/m0/s1. The van der Waals surface area contributed by atoms with Crippen LogP contribution in [0.2, 0.25) is 0 Å². The van der Waals surface area contributed by atoms with E-state index in [9.17, 15) is 14.4 Å². The van der Waals surface area contributed by atoms with Crippen LogP contribution in [0.1, 0.15) is 43.4 Å². The summed E-state index contributed by atoms with van der Waals surface area (Å²) in [6.07, 6.45) is 0.968. The molecule has 7 nitrogen and oxygen atoms in total. The number of nitrogens with one attached hydrogen (secondary N) is 1. The van der Waals surface area contributed by atoms with Crippen molar-refractivity contribution in [3.05, 3.63) is 75.6 Å². The molecule has 0 fully saturated rings. The Labute approximate surface area is 186 Å². The number of fused-ring (bicyclic) bond motifs is 1. The van der Waals surface area contributed by atoms with Gasteiger partial charge in [0.15, 0.2) is 0 Å². The number of rotatable bonds is 8. The zero-order chi connectivity index (χ0) is 23.1. The lowest BCUT2D eigenvalue weighted by molar-refractivity contribution is -0.136. The van der Waals surface area contributed by atoms with Crippen molar-refractivity contribution in [3.63, 3.8) is 0 Å². The number of aryl methyl sites for hydroxylation is 2. The summed E-state index contributed by atoms with van der Waals surface area (Å²) in [5.41, 5.74) is 2.30. The number of benzene rings is 2. The molecule has 168 valence electrons. The van der Waals surface area contributed by atoms with Crippen molar-refractivity contribution in [2.45, 2.75) is 52.7 Å². The topological polar surface area (TPSA) is 94.8 Å². The summed E-state index contributed by atoms with van der Waals surface area (Å²) in [6, 6.07) is 13.2. The maximum Gasteiger partial charge on any atom is 0.408 e. The minimum absolute atomic E-state index is 0.101. The van der Waals surface area contributed by atoms with E-state index in [-0.39, 0.29) is 6.61 Å². The van der Waals surface area contributed by atoms with E-state index in [1.54, 1.807) is 6.07 Å². The SMILES string of the molecule is CCC[C@H](NC(=O)OCc1ccccc1)C(=O)Oc1cc2oc(=O)cc(C)c2cc1CC. The Morgan fingerprint density at radius 3 is 2.53 bits per heavy atom. The van der Waals surface area contributed by atoms with Crippen LogP contribution in [0.3, 0.4) is 0 Å². The van der Waals surface area contributed by atoms with Crippen molar-refractivity contribution in [1.82, 2.24) is 5.32 Å². The summed E-state index contributed by atoms with van der Waals surface area (Å²) in [7, 11) is 0. The van der Waals surface area contributed by atoms with E-state index >= 15 is 0 Å². The minimum atomic E-state index is -0.867. The number of carbonyl (C=O) groups excluding carboxylic acids is 2. The lowest BCUT2D eigenvalue weighted by Crippen LogP contribution is -2.43. The number of amides is 1. The van der Waals surface area contributed by atoms with Gasteiger partial charge in [-0.2, -0.15) is 0 Å². The lowest BCUT2D eigenvalue weighted by Gasteiger charge is -2.18. The molecule has 0 aliphatic rings. The highest BCUT2D eigenvalue weighted by Crippen LogP contribution is 2.28. The molecule has 3 aromatic rings. The van der Waals surface area contributed by atoms with Crippen LogP contribution in [0.4, 0.5) is 4.79 Å². The van der Waals surface area contributed by atoms with Gasteiger partial charge in [0.25, 0.3) is 0 Å². The molecule has 0 aliphatic carbocycles. The third kappa shape index (κ3) is 5.75. The van der Waals surface area contributed by atoms with Gasteiger partial charge in [0.1, 0.15) is 24.0 Å². The van der Waals surface area contributed by atoms with Gasteiger partial charge in [0.2, 0.25) is 0 Å². The monoisotopic (exact) mass is 437 g/mol. The smallest absolute Gasteiger partial charge is 0.408 e. The molecule has 3 rings (SSSR count). The number of carbonyl (C=O) groups is 2. The molecule has 1 N–H and O–H groups in total. The van der Waals surface area contributed by atoms with Crippen LogP contribution in [0, 0.1) is 6.92 Å². The molecular formula is C25H27NO6. The first-order valence-electron chi connectivity index (χ1n) is 10.7. The second-order valence-electron chi connectivity index (χ2n) is 7.53. The first kappa shape index (κ1) is 23.1. The molecule has 0 unspecified atom stereocenters. The highest BCUT2D eigenvalue weighted by molar-refractivity contribution is 5.86. The number of hydrogen-bond donors (Lipinski definition) is 1. The molecule has 0 aliphatic heterocycles. The number of hydrogen-bond acceptors (Lipinski definition) is 6. The Morgan fingerprint density at radius 1 is 1.09 bits per heavy atom. The van der Waals surface area contributed by atoms with E-state index in [2.05, 4.69) is 5.32 Å². The third-order valence-electron chi connectivity index (χ3n) is 5.09. The summed E-state index contributed by atoms with van der Waals surface area (Å²) < 4.78 is 16.1. The Balaban J connectivity index is 1.74. The minimum Gasteiger partial charge on any atom is -0.445 e. The Bertz CT molecular complexity index is 1150. The van der Waals surface area contributed by atoms with E-state index in [0.29, 0.717) is 30.6 Å².